The monoisotopic (exact) mass is 398 g/mol. The third-order valence-corrected chi connectivity index (χ3v) is 5.19. The van der Waals surface area contributed by atoms with Gasteiger partial charge in [0.05, 0.1) is 16.8 Å². The van der Waals surface area contributed by atoms with Crippen molar-refractivity contribution in [2.75, 3.05) is 45.1 Å². The third kappa shape index (κ3) is 5.92. The summed E-state index contributed by atoms with van der Waals surface area (Å²) in [5.41, 5.74) is 0.495. The smallest absolute Gasteiger partial charge is 0.257 e. The van der Waals surface area contributed by atoms with Gasteiger partial charge in [-0.1, -0.05) is 6.07 Å². The molecule has 0 spiro atoms. The van der Waals surface area contributed by atoms with E-state index in [0.29, 0.717) is 12.0 Å². The molecule has 6 nitrogen and oxygen atoms in total. The van der Waals surface area contributed by atoms with E-state index in [2.05, 4.69) is 27.1 Å². The molecule has 1 N–H and O–H groups in total. The van der Waals surface area contributed by atoms with Gasteiger partial charge in [-0.3, -0.25) is 14.6 Å². The van der Waals surface area contributed by atoms with Gasteiger partial charge in [0.15, 0.2) is 5.78 Å². The average Bonchev–Trinajstić information content (AvgIpc) is 2.73. The number of aromatic nitrogens is 1. The Hall–Kier alpha value is -2.64. The number of carbonyl (C=O) groups excluding carboxylic acids is 2. The summed E-state index contributed by atoms with van der Waals surface area (Å²) < 4.78 is 14.4. The zero-order chi connectivity index (χ0) is 20.6. The largest absolute Gasteiger partial charge is 0.321 e. The first-order chi connectivity index (χ1) is 14.0. The van der Waals surface area contributed by atoms with Crippen LogP contribution in [0, 0.1) is 5.82 Å². The van der Waals surface area contributed by atoms with E-state index in [1.165, 1.54) is 18.3 Å². The van der Waals surface area contributed by atoms with Crippen molar-refractivity contribution in [3.8, 4) is 0 Å². The van der Waals surface area contributed by atoms with Crippen LogP contribution < -0.4 is 5.32 Å². The van der Waals surface area contributed by atoms with Gasteiger partial charge < -0.3 is 15.1 Å². The van der Waals surface area contributed by atoms with Crippen molar-refractivity contribution >= 4 is 17.4 Å². The highest BCUT2D eigenvalue weighted by Gasteiger charge is 2.19. The minimum atomic E-state index is -0.613. The summed E-state index contributed by atoms with van der Waals surface area (Å²) in [6.07, 6.45) is 4.83. The van der Waals surface area contributed by atoms with Crippen LogP contribution in [0.3, 0.4) is 0 Å². The molecule has 0 saturated carbocycles. The molecule has 0 unspecified atom stereocenters. The molecule has 1 aliphatic heterocycles. The molecular weight excluding hydrogens is 371 g/mol. The number of hydrogen-bond donors (Lipinski definition) is 1. The number of hydrogen-bond acceptors (Lipinski definition) is 5. The third-order valence-electron chi connectivity index (χ3n) is 5.19. The van der Waals surface area contributed by atoms with Crippen LogP contribution in [0.1, 0.15) is 40.0 Å². The Labute approximate surface area is 170 Å². The van der Waals surface area contributed by atoms with E-state index in [0.717, 1.165) is 39.1 Å². The summed E-state index contributed by atoms with van der Waals surface area (Å²) in [6, 6.07) is 7.54. The number of ketones is 1. The number of Topliss-reactive ketones (excluding diaryl/α,β-unsaturated/α-hetero) is 1. The lowest BCUT2D eigenvalue weighted by molar-refractivity contribution is 0.0972. The first-order valence-corrected chi connectivity index (χ1v) is 9.98. The highest BCUT2D eigenvalue weighted by atomic mass is 19.1. The first-order valence-electron chi connectivity index (χ1n) is 9.98. The van der Waals surface area contributed by atoms with Gasteiger partial charge in [-0.15, -0.1) is 0 Å². The molecule has 0 aliphatic carbocycles. The number of anilines is 1. The van der Waals surface area contributed by atoms with Crippen molar-refractivity contribution in [2.24, 2.45) is 0 Å². The predicted molar refractivity (Wildman–Crippen MR) is 111 cm³/mol. The second-order valence-corrected chi connectivity index (χ2v) is 7.38. The quantitative estimate of drug-likeness (QED) is 0.547. The highest BCUT2D eigenvalue weighted by molar-refractivity contribution is 6.09. The van der Waals surface area contributed by atoms with Crippen LogP contribution in [0.5, 0.6) is 0 Å². The fourth-order valence-electron chi connectivity index (χ4n) is 3.42. The first kappa shape index (κ1) is 21.1. The molecule has 1 aliphatic rings. The molecule has 7 heteroatoms. The number of nitrogens with zero attached hydrogens (tertiary/aromatic N) is 3. The molecule has 0 bridgehead atoms. The van der Waals surface area contributed by atoms with Gasteiger partial charge in [-0.2, -0.15) is 0 Å². The second-order valence-electron chi connectivity index (χ2n) is 7.38. The molecular formula is C22H27FN4O2. The van der Waals surface area contributed by atoms with E-state index in [9.17, 15) is 14.0 Å². The maximum atomic E-state index is 14.4. The van der Waals surface area contributed by atoms with Gasteiger partial charge in [0.1, 0.15) is 5.82 Å². The Bertz CT molecular complexity index is 836. The number of rotatable bonds is 8. The molecule has 1 saturated heterocycles. The number of likely N-dealkylation sites (N-methyl/N-ethyl adjacent to an activating group) is 1. The number of amides is 1. The maximum Gasteiger partial charge on any atom is 0.257 e. The molecule has 0 atom stereocenters. The summed E-state index contributed by atoms with van der Waals surface area (Å²) in [4.78, 5) is 33.6. The van der Waals surface area contributed by atoms with Crippen LogP contribution in [0.4, 0.5) is 10.1 Å². The van der Waals surface area contributed by atoms with E-state index in [1.54, 1.807) is 24.4 Å². The summed E-state index contributed by atoms with van der Waals surface area (Å²) in [5, 5.41) is 2.64. The van der Waals surface area contributed by atoms with Crippen molar-refractivity contribution in [1.82, 2.24) is 14.8 Å². The lowest BCUT2D eigenvalue weighted by Gasteiger charge is -2.32. The van der Waals surface area contributed by atoms with Crippen molar-refractivity contribution in [1.29, 1.82) is 0 Å². The Morgan fingerprint density at radius 3 is 2.62 bits per heavy atom. The molecule has 1 aromatic heterocycles. The SMILES string of the molecule is CN1CCN(CCCCC(=O)c2c(F)cccc2NC(=O)c2cccnc2)CC1. The van der Waals surface area contributed by atoms with Crippen molar-refractivity contribution < 1.29 is 14.0 Å². The van der Waals surface area contributed by atoms with E-state index in [-0.39, 0.29) is 23.5 Å². The number of benzene rings is 1. The Morgan fingerprint density at radius 1 is 1.10 bits per heavy atom. The normalized spacial score (nSPS) is 15.2. The molecule has 2 heterocycles. The van der Waals surface area contributed by atoms with Crippen LogP contribution in [-0.4, -0.2) is 66.2 Å². The summed E-state index contributed by atoms with van der Waals surface area (Å²) >= 11 is 0. The molecule has 1 fully saturated rings. The molecule has 1 amide bonds. The van der Waals surface area contributed by atoms with Crippen molar-refractivity contribution in [3.05, 3.63) is 59.7 Å². The number of nitrogens with one attached hydrogen (secondary N) is 1. The van der Waals surface area contributed by atoms with Gasteiger partial charge >= 0.3 is 0 Å². The molecule has 154 valence electrons. The van der Waals surface area contributed by atoms with Crippen LogP contribution >= 0.6 is 0 Å². The lowest BCUT2D eigenvalue weighted by Crippen LogP contribution is -2.44. The van der Waals surface area contributed by atoms with Crippen molar-refractivity contribution in [3.63, 3.8) is 0 Å². The molecule has 1 aromatic carbocycles. The van der Waals surface area contributed by atoms with Gasteiger partial charge in [0.2, 0.25) is 0 Å². The van der Waals surface area contributed by atoms with E-state index in [1.807, 2.05) is 0 Å². The number of piperazine rings is 1. The van der Waals surface area contributed by atoms with Crippen LogP contribution in [0.15, 0.2) is 42.7 Å². The second kappa shape index (κ2) is 10.2. The van der Waals surface area contributed by atoms with E-state index < -0.39 is 11.7 Å². The van der Waals surface area contributed by atoms with Gasteiger partial charge in [-0.05, 0) is 50.7 Å². The fourth-order valence-corrected chi connectivity index (χ4v) is 3.42. The van der Waals surface area contributed by atoms with E-state index in [4.69, 9.17) is 0 Å². The minimum Gasteiger partial charge on any atom is -0.321 e. The summed E-state index contributed by atoms with van der Waals surface area (Å²) in [7, 11) is 2.12. The zero-order valence-corrected chi connectivity index (χ0v) is 16.7. The molecule has 29 heavy (non-hydrogen) atoms. The maximum absolute atomic E-state index is 14.4. The van der Waals surface area contributed by atoms with Gasteiger partial charge in [0.25, 0.3) is 5.91 Å². The van der Waals surface area contributed by atoms with Crippen LogP contribution in [0.2, 0.25) is 0 Å². The summed E-state index contributed by atoms with van der Waals surface area (Å²) in [5.74, 6) is -1.33. The Morgan fingerprint density at radius 2 is 1.90 bits per heavy atom. The van der Waals surface area contributed by atoms with Gasteiger partial charge in [-0.25, -0.2) is 4.39 Å². The van der Waals surface area contributed by atoms with Crippen molar-refractivity contribution in [2.45, 2.75) is 19.3 Å². The van der Waals surface area contributed by atoms with Crippen LogP contribution in [-0.2, 0) is 0 Å². The minimum absolute atomic E-state index is 0.0515. The average molecular weight is 398 g/mol. The Balaban J connectivity index is 1.56. The molecule has 2 aromatic rings. The molecule has 3 rings (SSSR count). The van der Waals surface area contributed by atoms with Gasteiger partial charge in [0, 0.05) is 45.0 Å². The number of pyridine rings is 1. The number of carbonyl (C=O) groups is 2. The highest BCUT2D eigenvalue weighted by Crippen LogP contribution is 2.22. The topological polar surface area (TPSA) is 65.5 Å². The zero-order valence-electron chi connectivity index (χ0n) is 16.7. The Kier molecular flexibility index (Phi) is 7.43. The summed E-state index contributed by atoms with van der Waals surface area (Å²) in [6.45, 7) is 5.16. The predicted octanol–water partition coefficient (Wildman–Crippen LogP) is 3.07. The van der Waals surface area contributed by atoms with Crippen LogP contribution in [0.25, 0.3) is 0 Å². The molecule has 0 radical (unpaired) electrons. The number of halogens is 1. The van der Waals surface area contributed by atoms with E-state index >= 15 is 0 Å². The standard InChI is InChI=1S/C22H27FN4O2/c1-26-12-14-27(15-13-26)11-3-2-9-20(28)21-18(23)7-4-8-19(21)25-22(29)17-6-5-10-24-16-17/h4-8,10,16H,2-3,9,11-15H2,1H3,(H,25,29). The number of unbranched alkanes of at least 4 members (excludes halogenated alkanes) is 1. The fraction of sp³-hybridized carbons (Fsp3) is 0.409. The lowest BCUT2D eigenvalue weighted by atomic mass is 10.0.